The standard InChI is InChI=1S/C28H37F2N5O3/c1-26(2,3)18-5-7-20(8-6-18)35(25(37)21-15-27(4,38)17-33-21)23(22-16-31-13-14-32-22)24(36)34-19-9-11-28(29,30)12-10-19/h5-8,13-14,16,19,21,23,33,38H,9-12,15,17H2,1-4H3,(H,34,36). The number of carbonyl (C=O) groups is 2. The Morgan fingerprint density at radius 2 is 1.82 bits per heavy atom. The molecule has 1 saturated carbocycles. The summed E-state index contributed by atoms with van der Waals surface area (Å²) in [6.45, 7) is 8.14. The summed E-state index contributed by atoms with van der Waals surface area (Å²) in [7, 11) is 0. The predicted molar refractivity (Wildman–Crippen MR) is 140 cm³/mol. The van der Waals surface area contributed by atoms with Crippen LogP contribution in [0.4, 0.5) is 14.5 Å². The molecule has 3 unspecified atom stereocenters. The summed E-state index contributed by atoms with van der Waals surface area (Å²) in [5.74, 6) is -3.64. The van der Waals surface area contributed by atoms with E-state index in [1.807, 2.05) is 12.1 Å². The van der Waals surface area contributed by atoms with Gasteiger partial charge in [-0.1, -0.05) is 32.9 Å². The number of nitrogens with zero attached hydrogens (tertiary/aromatic N) is 3. The molecule has 1 aliphatic carbocycles. The molecule has 38 heavy (non-hydrogen) atoms. The normalized spacial score (nSPS) is 24.6. The van der Waals surface area contributed by atoms with Crippen LogP contribution in [0.1, 0.15) is 77.1 Å². The van der Waals surface area contributed by atoms with Gasteiger partial charge in [0, 0.05) is 49.9 Å². The summed E-state index contributed by atoms with van der Waals surface area (Å²) < 4.78 is 27.5. The number of halogens is 2. The third-order valence-corrected chi connectivity index (χ3v) is 7.35. The van der Waals surface area contributed by atoms with Gasteiger partial charge in [-0.05, 0) is 42.9 Å². The maximum Gasteiger partial charge on any atom is 0.249 e. The number of aliphatic hydroxyl groups is 1. The van der Waals surface area contributed by atoms with Crippen molar-refractivity contribution in [2.24, 2.45) is 0 Å². The molecule has 3 atom stereocenters. The lowest BCUT2D eigenvalue weighted by Gasteiger charge is -2.35. The van der Waals surface area contributed by atoms with E-state index in [9.17, 15) is 23.5 Å². The molecule has 1 aromatic carbocycles. The molecule has 2 fully saturated rings. The first-order valence-corrected chi connectivity index (χ1v) is 13.1. The Hall–Kier alpha value is -2.98. The van der Waals surface area contributed by atoms with Crippen molar-refractivity contribution in [2.45, 2.75) is 94.9 Å². The Balaban J connectivity index is 1.72. The van der Waals surface area contributed by atoms with Crippen LogP contribution in [0.25, 0.3) is 0 Å². The van der Waals surface area contributed by atoms with Gasteiger partial charge in [0.05, 0.1) is 23.5 Å². The van der Waals surface area contributed by atoms with E-state index in [1.54, 1.807) is 19.1 Å². The van der Waals surface area contributed by atoms with Crippen LogP contribution in [0, 0.1) is 0 Å². The molecule has 1 saturated heterocycles. The summed E-state index contributed by atoms with van der Waals surface area (Å²) in [5, 5.41) is 16.5. The zero-order valence-electron chi connectivity index (χ0n) is 22.4. The van der Waals surface area contributed by atoms with Gasteiger partial charge in [-0.3, -0.25) is 24.5 Å². The van der Waals surface area contributed by atoms with E-state index < -0.39 is 41.5 Å². The average molecular weight is 530 g/mol. The number of β-amino-alcohol motifs (C(OH)–C–C–N with tert-alkyl or cyclic N) is 1. The van der Waals surface area contributed by atoms with Crippen molar-refractivity contribution in [1.29, 1.82) is 0 Å². The topological polar surface area (TPSA) is 107 Å². The van der Waals surface area contributed by atoms with E-state index in [2.05, 4.69) is 41.4 Å². The molecule has 2 aromatic rings. The highest BCUT2D eigenvalue weighted by molar-refractivity contribution is 6.03. The number of hydrogen-bond acceptors (Lipinski definition) is 6. The van der Waals surface area contributed by atoms with Gasteiger partial charge in [0.15, 0.2) is 6.04 Å². The smallest absolute Gasteiger partial charge is 0.249 e. The maximum absolute atomic E-state index is 14.0. The van der Waals surface area contributed by atoms with E-state index in [-0.39, 0.29) is 49.8 Å². The number of amides is 2. The van der Waals surface area contributed by atoms with Crippen molar-refractivity contribution in [3.63, 3.8) is 0 Å². The predicted octanol–water partition coefficient (Wildman–Crippen LogP) is 3.66. The number of benzene rings is 1. The molecule has 0 bridgehead atoms. The van der Waals surface area contributed by atoms with Gasteiger partial charge in [0.1, 0.15) is 0 Å². The highest BCUT2D eigenvalue weighted by Gasteiger charge is 2.44. The zero-order valence-corrected chi connectivity index (χ0v) is 22.4. The number of alkyl halides is 2. The van der Waals surface area contributed by atoms with Crippen molar-refractivity contribution in [3.8, 4) is 0 Å². The molecular weight excluding hydrogens is 492 g/mol. The minimum absolute atomic E-state index is 0.121. The third-order valence-electron chi connectivity index (χ3n) is 7.35. The molecule has 2 heterocycles. The molecule has 1 aromatic heterocycles. The molecule has 3 N–H and O–H groups in total. The van der Waals surface area contributed by atoms with Gasteiger partial charge in [-0.25, -0.2) is 8.78 Å². The summed E-state index contributed by atoms with van der Waals surface area (Å²) in [5.41, 5.74) is 0.601. The van der Waals surface area contributed by atoms with Crippen LogP contribution in [0.3, 0.4) is 0 Å². The van der Waals surface area contributed by atoms with Gasteiger partial charge in [0.25, 0.3) is 0 Å². The van der Waals surface area contributed by atoms with Gasteiger partial charge < -0.3 is 15.7 Å². The monoisotopic (exact) mass is 529 g/mol. The fourth-order valence-corrected chi connectivity index (χ4v) is 5.10. The van der Waals surface area contributed by atoms with Gasteiger partial charge in [-0.15, -0.1) is 0 Å². The van der Waals surface area contributed by atoms with Crippen molar-refractivity contribution in [3.05, 3.63) is 54.1 Å². The summed E-state index contributed by atoms with van der Waals surface area (Å²) in [6.07, 6.45) is 4.22. The summed E-state index contributed by atoms with van der Waals surface area (Å²) >= 11 is 0. The Labute approximate surface area is 222 Å². The van der Waals surface area contributed by atoms with Crippen LogP contribution < -0.4 is 15.5 Å². The molecule has 0 spiro atoms. The number of rotatable bonds is 6. The summed E-state index contributed by atoms with van der Waals surface area (Å²) in [6, 6.07) is 5.07. The zero-order chi connectivity index (χ0) is 27.7. The largest absolute Gasteiger partial charge is 0.389 e. The number of hydrogen-bond donors (Lipinski definition) is 3. The quantitative estimate of drug-likeness (QED) is 0.527. The molecule has 8 nitrogen and oxygen atoms in total. The van der Waals surface area contributed by atoms with E-state index in [0.29, 0.717) is 5.69 Å². The van der Waals surface area contributed by atoms with Crippen molar-refractivity contribution >= 4 is 17.5 Å². The highest BCUT2D eigenvalue weighted by atomic mass is 19.3. The number of aromatic nitrogens is 2. The molecule has 1 aliphatic heterocycles. The van der Waals surface area contributed by atoms with Crippen LogP contribution in [-0.2, 0) is 15.0 Å². The van der Waals surface area contributed by atoms with Gasteiger partial charge in [0.2, 0.25) is 17.7 Å². The van der Waals surface area contributed by atoms with Crippen LogP contribution in [0.2, 0.25) is 0 Å². The first-order chi connectivity index (χ1) is 17.8. The van der Waals surface area contributed by atoms with Crippen LogP contribution in [0.5, 0.6) is 0 Å². The molecule has 2 amide bonds. The van der Waals surface area contributed by atoms with Crippen LogP contribution in [0.15, 0.2) is 42.9 Å². The summed E-state index contributed by atoms with van der Waals surface area (Å²) in [4.78, 5) is 37.7. The second-order valence-corrected chi connectivity index (χ2v) is 11.8. The van der Waals surface area contributed by atoms with E-state index in [0.717, 1.165) is 5.56 Å². The Morgan fingerprint density at radius 1 is 1.16 bits per heavy atom. The molecular formula is C28H37F2N5O3. The lowest BCUT2D eigenvalue weighted by atomic mass is 9.87. The average Bonchev–Trinajstić information content (AvgIpc) is 3.23. The fraction of sp³-hybridized carbons (Fsp3) is 0.571. The first kappa shape index (κ1) is 28.0. The molecule has 4 rings (SSSR count). The maximum atomic E-state index is 14.0. The second-order valence-electron chi connectivity index (χ2n) is 11.8. The van der Waals surface area contributed by atoms with Gasteiger partial charge in [-0.2, -0.15) is 0 Å². The minimum atomic E-state index is -2.73. The van der Waals surface area contributed by atoms with Crippen molar-refractivity contribution in [2.75, 3.05) is 11.4 Å². The van der Waals surface area contributed by atoms with Crippen molar-refractivity contribution < 1.29 is 23.5 Å². The highest BCUT2D eigenvalue weighted by Crippen LogP contribution is 2.35. The van der Waals surface area contributed by atoms with E-state index in [4.69, 9.17) is 0 Å². The SMILES string of the molecule is CC1(O)CNC(C(=O)N(c2ccc(C(C)(C)C)cc2)C(C(=O)NC2CCC(F)(F)CC2)c2cnccn2)C1. The second kappa shape index (κ2) is 10.6. The first-order valence-electron chi connectivity index (χ1n) is 13.1. The lowest BCUT2D eigenvalue weighted by Crippen LogP contribution is -2.52. The number of nitrogens with one attached hydrogen (secondary N) is 2. The number of anilines is 1. The Bertz CT molecular complexity index is 1130. The van der Waals surface area contributed by atoms with Gasteiger partial charge >= 0.3 is 0 Å². The number of carbonyl (C=O) groups excluding carboxylic acids is 2. The minimum Gasteiger partial charge on any atom is -0.389 e. The third kappa shape index (κ3) is 6.53. The Kier molecular flexibility index (Phi) is 7.86. The van der Waals surface area contributed by atoms with Crippen LogP contribution >= 0.6 is 0 Å². The molecule has 10 heteroatoms. The molecule has 206 valence electrons. The van der Waals surface area contributed by atoms with Crippen molar-refractivity contribution in [1.82, 2.24) is 20.6 Å². The van der Waals surface area contributed by atoms with E-state index in [1.165, 1.54) is 23.5 Å². The fourth-order valence-electron chi connectivity index (χ4n) is 5.10. The van der Waals surface area contributed by atoms with Crippen LogP contribution in [-0.4, -0.2) is 57.0 Å². The molecule has 0 radical (unpaired) electrons. The lowest BCUT2D eigenvalue weighted by molar-refractivity contribution is -0.128. The molecule has 2 aliphatic rings. The van der Waals surface area contributed by atoms with E-state index >= 15 is 0 Å². The Morgan fingerprint density at radius 3 is 2.34 bits per heavy atom.